The average Bonchev–Trinajstić information content (AvgIpc) is 2.76. The third-order valence-electron chi connectivity index (χ3n) is 4.73. The Balaban J connectivity index is 2.47. The number of hydrogen-bond donors (Lipinski definition) is 2. The zero-order chi connectivity index (χ0) is 26.9. The smallest absolute Gasteiger partial charge is 0.345 e. The molecule has 0 fully saturated rings. The summed E-state index contributed by atoms with van der Waals surface area (Å²) in [5, 5.41) is 0. The molecular weight excluding hydrogens is 512 g/mol. The zero-order valence-corrected chi connectivity index (χ0v) is 21.2. The summed E-state index contributed by atoms with van der Waals surface area (Å²) in [5.41, 5.74) is 3.53. The van der Waals surface area contributed by atoms with Crippen LogP contribution < -0.4 is 0 Å². The van der Waals surface area contributed by atoms with Gasteiger partial charge >= 0.3 is 11.9 Å². The molecule has 0 aliphatic heterocycles. The first-order valence-electron chi connectivity index (χ1n) is 10.6. The molecule has 0 bridgehead atoms. The van der Waals surface area contributed by atoms with Gasteiger partial charge in [-0.05, 0) is 36.6 Å². The summed E-state index contributed by atoms with van der Waals surface area (Å²) in [5.74, 6) is -4.28. The number of ether oxygens (including phenoxy) is 2. The molecule has 0 heterocycles. The van der Waals surface area contributed by atoms with Gasteiger partial charge in [-0.15, -0.1) is 0 Å². The maximum absolute atomic E-state index is 12.5. The Morgan fingerprint density at radius 1 is 0.694 bits per heavy atom. The van der Waals surface area contributed by atoms with E-state index in [1.54, 1.807) is 0 Å². The summed E-state index contributed by atoms with van der Waals surface area (Å²) in [4.78, 5) is 25.1. The van der Waals surface area contributed by atoms with Crippen molar-refractivity contribution in [3.05, 3.63) is 88.5 Å². The van der Waals surface area contributed by atoms with Crippen LogP contribution in [0, 0.1) is 13.8 Å². The van der Waals surface area contributed by atoms with Gasteiger partial charge in [0.15, 0.2) is 0 Å². The second kappa shape index (κ2) is 12.6. The summed E-state index contributed by atoms with van der Waals surface area (Å²) >= 11 is 0. The van der Waals surface area contributed by atoms with E-state index >= 15 is 0 Å². The van der Waals surface area contributed by atoms with Crippen LogP contribution in [0.15, 0.2) is 66.3 Å². The Kier molecular flexibility index (Phi) is 10.1. The minimum absolute atomic E-state index is 0.629. The highest BCUT2D eigenvalue weighted by Crippen LogP contribution is 2.25. The first kappa shape index (κ1) is 28.9. The highest BCUT2D eigenvalue weighted by atomic mass is 32.2. The van der Waals surface area contributed by atoms with Gasteiger partial charge in [0.1, 0.15) is 30.3 Å². The van der Waals surface area contributed by atoms with Gasteiger partial charge in [-0.25, -0.2) is 9.59 Å². The molecule has 36 heavy (non-hydrogen) atoms. The van der Waals surface area contributed by atoms with Crippen LogP contribution in [0.25, 0.3) is 5.57 Å². The number of carbonyl (C=O) groups is 2. The first-order chi connectivity index (χ1) is 16.7. The maximum Gasteiger partial charge on any atom is 0.345 e. The summed E-state index contributed by atoms with van der Waals surface area (Å²) in [7, 11) is -8.84. The highest BCUT2D eigenvalue weighted by Gasteiger charge is 2.22. The zero-order valence-electron chi connectivity index (χ0n) is 19.6. The number of aryl methyl sites for hydroxylation is 2. The molecule has 0 atom stereocenters. The van der Waals surface area contributed by atoms with Crippen molar-refractivity contribution in [3.8, 4) is 0 Å². The molecule has 2 aromatic rings. The van der Waals surface area contributed by atoms with Gasteiger partial charge in [0.2, 0.25) is 0 Å². The summed E-state index contributed by atoms with van der Waals surface area (Å²) < 4.78 is 70.8. The molecule has 2 N–H and O–H groups in total. The third kappa shape index (κ3) is 10.1. The fourth-order valence-electron chi connectivity index (χ4n) is 2.85. The number of benzene rings is 2. The van der Waals surface area contributed by atoms with Gasteiger partial charge in [-0.3, -0.25) is 9.11 Å². The van der Waals surface area contributed by atoms with Crippen molar-refractivity contribution in [2.24, 2.45) is 0 Å². The van der Waals surface area contributed by atoms with Crippen LogP contribution in [0.5, 0.6) is 0 Å². The van der Waals surface area contributed by atoms with Gasteiger partial charge < -0.3 is 9.47 Å². The van der Waals surface area contributed by atoms with Crippen LogP contribution >= 0.6 is 0 Å². The molecule has 0 amide bonds. The number of allylic oxidation sites excluding steroid dienone is 2. The van der Waals surface area contributed by atoms with Crippen LogP contribution in [0.4, 0.5) is 0 Å². The predicted octanol–water partition coefficient (Wildman–Crippen LogP) is 2.52. The average molecular weight is 539 g/mol. The number of rotatable bonds is 11. The monoisotopic (exact) mass is 538 g/mol. The molecule has 0 radical (unpaired) electrons. The fourth-order valence-corrected chi connectivity index (χ4v) is 3.43. The fraction of sp³-hybridized carbons (Fsp3) is 0.250. The van der Waals surface area contributed by atoms with Crippen molar-refractivity contribution in [1.82, 2.24) is 0 Å². The molecule has 0 saturated heterocycles. The van der Waals surface area contributed by atoms with E-state index in [9.17, 15) is 26.4 Å². The van der Waals surface area contributed by atoms with Crippen molar-refractivity contribution >= 4 is 37.7 Å². The van der Waals surface area contributed by atoms with Crippen molar-refractivity contribution in [2.45, 2.75) is 13.8 Å². The molecule has 2 aromatic carbocycles. The van der Waals surface area contributed by atoms with E-state index in [0.29, 0.717) is 5.57 Å². The minimum atomic E-state index is -4.42. The second-order valence-corrected chi connectivity index (χ2v) is 10.9. The Bertz CT molecular complexity index is 1250. The molecule has 2 rings (SSSR count). The van der Waals surface area contributed by atoms with Gasteiger partial charge in [0, 0.05) is 0 Å². The van der Waals surface area contributed by atoms with Crippen molar-refractivity contribution in [3.63, 3.8) is 0 Å². The molecule has 0 aliphatic carbocycles. The van der Waals surface area contributed by atoms with E-state index in [1.807, 2.05) is 62.4 Å². The van der Waals surface area contributed by atoms with E-state index in [-0.39, 0.29) is 0 Å². The van der Waals surface area contributed by atoms with Gasteiger partial charge in [0.25, 0.3) is 20.2 Å². The number of hydrogen-bond acceptors (Lipinski definition) is 8. The van der Waals surface area contributed by atoms with E-state index in [4.69, 9.17) is 18.6 Å². The molecule has 0 aliphatic rings. The Hall–Kier alpha value is -3.32. The number of esters is 2. The molecule has 194 valence electrons. The van der Waals surface area contributed by atoms with Crippen LogP contribution in [-0.2, 0) is 39.3 Å². The standard InChI is InChI=1S/C24H26O10S2/c1-17-3-7-19(8-4-17)21(20-9-5-18(2)6-10-20)11-12-22(23(25)33-13-15-35(27,28)29)24(26)34-14-16-36(30,31)32/h3-12H,13-16H2,1-2H3,(H,27,28,29)(H,30,31,32). The molecule has 0 saturated carbocycles. The lowest BCUT2D eigenvalue weighted by molar-refractivity contribution is -0.146. The highest BCUT2D eigenvalue weighted by molar-refractivity contribution is 7.86. The van der Waals surface area contributed by atoms with Gasteiger partial charge in [0.05, 0.1) is 0 Å². The maximum atomic E-state index is 12.5. The lowest BCUT2D eigenvalue weighted by Crippen LogP contribution is -2.23. The Morgan fingerprint density at radius 2 is 1.06 bits per heavy atom. The lowest BCUT2D eigenvalue weighted by atomic mass is 9.95. The topological polar surface area (TPSA) is 161 Å². The lowest BCUT2D eigenvalue weighted by Gasteiger charge is -2.10. The first-order valence-corrected chi connectivity index (χ1v) is 13.8. The molecular formula is C24H26O10S2. The quantitative estimate of drug-likeness (QED) is 0.109. The second-order valence-electron chi connectivity index (χ2n) is 7.74. The van der Waals surface area contributed by atoms with Crippen molar-refractivity contribution < 1.29 is 45.0 Å². The third-order valence-corrected chi connectivity index (χ3v) is 6.10. The number of carbonyl (C=O) groups excluding carboxylic acids is 2. The Morgan fingerprint density at radius 3 is 1.39 bits per heavy atom. The molecule has 0 aromatic heterocycles. The van der Waals surface area contributed by atoms with Crippen molar-refractivity contribution in [2.75, 3.05) is 24.7 Å². The van der Waals surface area contributed by atoms with Crippen LogP contribution in [-0.4, -0.2) is 62.6 Å². The van der Waals surface area contributed by atoms with E-state index in [1.165, 1.54) is 6.08 Å². The van der Waals surface area contributed by atoms with E-state index < -0.39 is 62.5 Å². The van der Waals surface area contributed by atoms with Crippen LogP contribution in [0.2, 0.25) is 0 Å². The van der Waals surface area contributed by atoms with Gasteiger partial charge in [-0.2, -0.15) is 16.8 Å². The molecule has 12 heteroatoms. The van der Waals surface area contributed by atoms with Gasteiger partial charge in [-0.1, -0.05) is 65.7 Å². The summed E-state index contributed by atoms with van der Waals surface area (Å²) in [6, 6.07) is 14.9. The molecule has 10 nitrogen and oxygen atoms in total. The summed E-state index contributed by atoms with van der Waals surface area (Å²) in [6.45, 7) is 2.37. The summed E-state index contributed by atoms with van der Waals surface area (Å²) in [6.07, 6.45) is 2.58. The normalized spacial score (nSPS) is 11.3. The van der Waals surface area contributed by atoms with E-state index in [0.717, 1.165) is 28.3 Å². The predicted molar refractivity (Wildman–Crippen MR) is 132 cm³/mol. The Labute approximate surface area is 209 Å². The largest absolute Gasteiger partial charge is 0.461 e. The molecule has 0 unspecified atom stereocenters. The van der Waals surface area contributed by atoms with Crippen molar-refractivity contribution in [1.29, 1.82) is 0 Å². The van der Waals surface area contributed by atoms with Crippen LogP contribution in [0.3, 0.4) is 0 Å². The minimum Gasteiger partial charge on any atom is -0.461 e. The van der Waals surface area contributed by atoms with E-state index in [2.05, 4.69) is 0 Å². The SMILES string of the molecule is Cc1ccc(C(=CC=C(C(=O)OCCS(=O)(=O)O)C(=O)OCCS(=O)(=O)O)c2ccc(C)cc2)cc1. The molecule has 0 spiro atoms. The van der Waals surface area contributed by atoms with Crippen LogP contribution in [0.1, 0.15) is 22.3 Å².